The molecule has 2 rings (SSSR count). The summed E-state index contributed by atoms with van der Waals surface area (Å²) < 4.78 is 17.1. The van der Waals surface area contributed by atoms with Gasteiger partial charge >= 0.3 is 0 Å². The molecule has 1 aromatic carbocycles. The molecule has 1 aliphatic heterocycles. The van der Waals surface area contributed by atoms with Crippen molar-refractivity contribution in [3.05, 3.63) is 29.3 Å². The molecule has 0 bridgehead atoms. The van der Waals surface area contributed by atoms with Gasteiger partial charge in [-0.15, -0.1) is 0 Å². The largest absolute Gasteiger partial charge is 0.492 e. The smallest absolute Gasteiger partial charge is 0.193 e. The number of hydrogen-bond donors (Lipinski definition) is 1. The Hall–Kier alpha value is -1.79. The van der Waals surface area contributed by atoms with Crippen molar-refractivity contribution in [3.63, 3.8) is 0 Å². The lowest BCUT2D eigenvalue weighted by Gasteiger charge is -2.22. The minimum atomic E-state index is 0.277. The van der Waals surface area contributed by atoms with Crippen molar-refractivity contribution in [2.75, 3.05) is 53.6 Å². The van der Waals surface area contributed by atoms with Crippen molar-refractivity contribution in [1.29, 1.82) is 0 Å². The zero-order valence-electron chi connectivity index (χ0n) is 16.6. The maximum atomic E-state index is 5.87. The van der Waals surface area contributed by atoms with Crippen LogP contribution in [0.4, 0.5) is 0 Å². The van der Waals surface area contributed by atoms with Gasteiger partial charge in [-0.3, -0.25) is 4.99 Å². The van der Waals surface area contributed by atoms with Gasteiger partial charge in [0.25, 0.3) is 0 Å². The van der Waals surface area contributed by atoms with Crippen LogP contribution in [0, 0.1) is 13.8 Å². The number of rotatable bonds is 9. The zero-order chi connectivity index (χ0) is 18.8. The molecule has 1 aromatic rings. The molecule has 1 aliphatic rings. The number of likely N-dealkylation sites (N-methyl/N-ethyl adjacent to an activating group) is 1. The van der Waals surface area contributed by atoms with Gasteiger partial charge in [-0.2, -0.15) is 0 Å². The first kappa shape index (κ1) is 20.5. The fourth-order valence-electron chi connectivity index (χ4n) is 3.03. The third kappa shape index (κ3) is 7.22. The zero-order valence-corrected chi connectivity index (χ0v) is 16.6. The topological polar surface area (TPSA) is 55.3 Å². The van der Waals surface area contributed by atoms with E-state index in [1.165, 1.54) is 11.1 Å². The maximum absolute atomic E-state index is 5.87. The molecule has 0 radical (unpaired) electrons. The lowest BCUT2D eigenvalue weighted by molar-refractivity contribution is 0.0190. The summed E-state index contributed by atoms with van der Waals surface area (Å²) in [5.41, 5.74) is 2.43. The van der Waals surface area contributed by atoms with E-state index in [1.807, 2.05) is 7.05 Å². The van der Waals surface area contributed by atoms with E-state index in [0.29, 0.717) is 19.8 Å². The molecule has 0 amide bonds. The van der Waals surface area contributed by atoms with E-state index in [0.717, 1.165) is 44.2 Å². The molecule has 146 valence electrons. The normalized spacial score (nSPS) is 17.4. The highest BCUT2D eigenvalue weighted by molar-refractivity contribution is 5.79. The van der Waals surface area contributed by atoms with Gasteiger partial charge in [-0.1, -0.05) is 6.07 Å². The fourth-order valence-corrected chi connectivity index (χ4v) is 3.03. The summed E-state index contributed by atoms with van der Waals surface area (Å²) in [7, 11) is 3.80. The molecular weight excluding hydrogens is 330 g/mol. The number of nitrogens with one attached hydrogen (secondary N) is 1. The Balaban J connectivity index is 1.61. The second-order valence-electron chi connectivity index (χ2n) is 6.78. The van der Waals surface area contributed by atoms with Gasteiger partial charge in [-0.05, 0) is 49.9 Å². The van der Waals surface area contributed by atoms with Crippen LogP contribution in [0.25, 0.3) is 0 Å². The molecule has 0 aromatic heterocycles. The molecule has 1 atom stereocenters. The number of benzene rings is 1. The SMILES string of the molecule is CN=C(NCCOCC1CCCO1)N(C)CCOc1cc(C)cc(C)c1. The van der Waals surface area contributed by atoms with Crippen molar-refractivity contribution in [2.24, 2.45) is 4.99 Å². The minimum absolute atomic E-state index is 0.277. The number of ether oxygens (including phenoxy) is 3. The second-order valence-corrected chi connectivity index (χ2v) is 6.78. The molecule has 26 heavy (non-hydrogen) atoms. The van der Waals surface area contributed by atoms with Crippen molar-refractivity contribution in [2.45, 2.75) is 32.8 Å². The fraction of sp³-hybridized carbons (Fsp3) is 0.650. The molecule has 1 heterocycles. The maximum Gasteiger partial charge on any atom is 0.193 e. The van der Waals surface area contributed by atoms with E-state index in [4.69, 9.17) is 14.2 Å². The number of nitrogens with zero attached hydrogens (tertiary/aromatic N) is 2. The van der Waals surface area contributed by atoms with Crippen LogP contribution in [0.2, 0.25) is 0 Å². The van der Waals surface area contributed by atoms with Crippen LogP contribution in [0.5, 0.6) is 5.75 Å². The molecular formula is C20H33N3O3. The molecule has 1 N–H and O–H groups in total. The Labute approximate surface area is 157 Å². The Bertz CT molecular complexity index is 551. The summed E-state index contributed by atoms with van der Waals surface area (Å²) >= 11 is 0. The minimum Gasteiger partial charge on any atom is -0.492 e. The van der Waals surface area contributed by atoms with E-state index in [1.54, 1.807) is 7.05 Å². The number of aliphatic imine (C=N–C) groups is 1. The molecule has 6 nitrogen and oxygen atoms in total. The predicted molar refractivity (Wildman–Crippen MR) is 105 cm³/mol. The standard InChI is InChI=1S/C20H33N3O3/c1-16-12-17(2)14-19(13-16)26-11-8-23(4)20(21-3)22-7-10-24-15-18-6-5-9-25-18/h12-14,18H,5-11,15H2,1-4H3,(H,21,22). The Morgan fingerprint density at radius 2 is 2.04 bits per heavy atom. The van der Waals surface area contributed by atoms with Gasteiger partial charge in [-0.25, -0.2) is 0 Å². The Kier molecular flexibility index (Phi) is 8.71. The first-order valence-electron chi connectivity index (χ1n) is 9.40. The van der Waals surface area contributed by atoms with E-state index in [2.05, 4.69) is 47.3 Å². The summed E-state index contributed by atoms with van der Waals surface area (Å²) in [5, 5.41) is 3.32. The van der Waals surface area contributed by atoms with Crippen molar-refractivity contribution >= 4 is 5.96 Å². The lowest BCUT2D eigenvalue weighted by Crippen LogP contribution is -2.42. The van der Waals surface area contributed by atoms with E-state index in [9.17, 15) is 0 Å². The number of aryl methyl sites for hydroxylation is 2. The summed E-state index contributed by atoms with van der Waals surface area (Å²) in [4.78, 5) is 6.37. The third-order valence-electron chi connectivity index (χ3n) is 4.32. The van der Waals surface area contributed by atoms with Gasteiger partial charge in [0.15, 0.2) is 5.96 Å². The van der Waals surface area contributed by atoms with Gasteiger partial charge in [0, 0.05) is 27.2 Å². The summed E-state index contributed by atoms with van der Waals surface area (Å²) in [6, 6.07) is 6.27. The second kappa shape index (κ2) is 11.0. The summed E-state index contributed by atoms with van der Waals surface area (Å²) in [6.07, 6.45) is 2.53. The first-order valence-corrected chi connectivity index (χ1v) is 9.40. The van der Waals surface area contributed by atoms with E-state index < -0.39 is 0 Å². The van der Waals surface area contributed by atoms with Gasteiger partial charge in [0.1, 0.15) is 12.4 Å². The highest BCUT2D eigenvalue weighted by Gasteiger charge is 2.15. The molecule has 0 saturated carbocycles. The Morgan fingerprint density at radius 3 is 2.69 bits per heavy atom. The van der Waals surface area contributed by atoms with Crippen LogP contribution < -0.4 is 10.1 Å². The van der Waals surface area contributed by atoms with Crippen LogP contribution in [0.15, 0.2) is 23.2 Å². The van der Waals surface area contributed by atoms with Gasteiger partial charge < -0.3 is 24.4 Å². The van der Waals surface area contributed by atoms with Crippen LogP contribution >= 0.6 is 0 Å². The Morgan fingerprint density at radius 1 is 1.27 bits per heavy atom. The average molecular weight is 364 g/mol. The average Bonchev–Trinajstić information content (AvgIpc) is 3.10. The van der Waals surface area contributed by atoms with Crippen molar-refractivity contribution < 1.29 is 14.2 Å². The molecule has 0 spiro atoms. The molecule has 1 saturated heterocycles. The predicted octanol–water partition coefficient (Wildman–Crippen LogP) is 2.39. The number of hydrogen-bond acceptors (Lipinski definition) is 4. The summed E-state index contributed by atoms with van der Waals surface area (Å²) in [5.74, 6) is 1.76. The lowest BCUT2D eigenvalue weighted by atomic mass is 10.1. The number of guanidine groups is 1. The van der Waals surface area contributed by atoms with Crippen LogP contribution in [-0.4, -0.2) is 70.6 Å². The first-order chi connectivity index (χ1) is 12.6. The van der Waals surface area contributed by atoms with Crippen LogP contribution in [0.3, 0.4) is 0 Å². The molecule has 1 unspecified atom stereocenters. The monoisotopic (exact) mass is 363 g/mol. The van der Waals surface area contributed by atoms with Crippen molar-refractivity contribution in [1.82, 2.24) is 10.2 Å². The molecule has 0 aliphatic carbocycles. The van der Waals surface area contributed by atoms with Crippen LogP contribution in [0.1, 0.15) is 24.0 Å². The van der Waals surface area contributed by atoms with E-state index >= 15 is 0 Å². The highest BCUT2D eigenvalue weighted by Crippen LogP contribution is 2.16. The van der Waals surface area contributed by atoms with E-state index in [-0.39, 0.29) is 6.10 Å². The quantitative estimate of drug-likeness (QED) is 0.415. The van der Waals surface area contributed by atoms with Crippen molar-refractivity contribution in [3.8, 4) is 5.75 Å². The van der Waals surface area contributed by atoms with Gasteiger partial charge in [0.2, 0.25) is 0 Å². The highest BCUT2D eigenvalue weighted by atomic mass is 16.5. The van der Waals surface area contributed by atoms with Gasteiger partial charge in [0.05, 0.1) is 25.9 Å². The molecule has 6 heteroatoms. The molecule has 1 fully saturated rings. The summed E-state index contributed by atoms with van der Waals surface area (Å²) in [6.45, 7) is 8.44. The van der Waals surface area contributed by atoms with Crippen LogP contribution in [-0.2, 0) is 9.47 Å². The third-order valence-corrected chi connectivity index (χ3v) is 4.32.